The Balaban J connectivity index is 2.11. The molecule has 0 unspecified atom stereocenters. The van der Waals surface area contributed by atoms with E-state index in [0.29, 0.717) is 12.2 Å². The number of nitrogens with one attached hydrogen (secondary N) is 1. The second kappa shape index (κ2) is 4.09. The molecule has 0 spiro atoms. The van der Waals surface area contributed by atoms with Crippen LogP contribution in [0, 0.1) is 6.92 Å². The molecule has 0 bridgehead atoms. The Morgan fingerprint density at radius 2 is 2.07 bits per heavy atom. The minimum atomic E-state index is 0.0879. The summed E-state index contributed by atoms with van der Waals surface area (Å²) < 4.78 is 0. The Bertz CT molecular complexity index is 443. The Morgan fingerprint density at radius 3 is 2.67 bits per heavy atom. The maximum atomic E-state index is 11.8. The molecular formula is C12H12N2O. The molecule has 0 atom stereocenters. The second-order valence-electron chi connectivity index (χ2n) is 3.50. The lowest BCUT2D eigenvalue weighted by atomic mass is 10.1. The first-order valence-electron chi connectivity index (χ1n) is 4.84. The van der Waals surface area contributed by atoms with E-state index in [1.54, 1.807) is 12.4 Å². The zero-order chi connectivity index (χ0) is 10.7. The van der Waals surface area contributed by atoms with Gasteiger partial charge in [-0.2, -0.15) is 0 Å². The van der Waals surface area contributed by atoms with Crippen molar-refractivity contribution in [2.45, 2.75) is 13.3 Å². The fourth-order valence-corrected chi connectivity index (χ4v) is 1.39. The number of nitrogens with zero attached hydrogens (tertiary/aromatic N) is 1. The van der Waals surface area contributed by atoms with E-state index in [-0.39, 0.29) is 5.78 Å². The smallest absolute Gasteiger partial charge is 0.170 e. The lowest BCUT2D eigenvalue weighted by Crippen LogP contribution is -2.04. The van der Waals surface area contributed by atoms with E-state index < -0.39 is 0 Å². The Kier molecular flexibility index (Phi) is 2.63. The summed E-state index contributed by atoms with van der Waals surface area (Å²) in [7, 11) is 0. The van der Waals surface area contributed by atoms with E-state index in [4.69, 9.17) is 0 Å². The van der Waals surface area contributed by atoms with Crippen molar-refractivity contribution in [1.29, 1.82) is 0 Å². The number of benzene rings is 1. The van der Waals surface area contributed by atoms with Crippen molar-refractivity contribution in [3.63, 3.8) is 0 Å². The number of rotatable bonds is 3. The van der Waals surface area contributed by atoms with Crippen molar-refractivity contribution in [1.82, 2.24) is 9.97 Å². The van der Waals surface area contributed by atoms with Crippen LogP contribution < -0.4 is 0 Å². The molecule has 0 radical (unpaired) electrons. The molecule has 0 fully saturated rings. The minimum absolute atomic E-state index is 0.0879. The number of aromatic nitrogens is 2. The predicted octanol–water partition coefficient (Wildman–Crippen LogP) is 2.14. The molecule has 1 N–H and O–H groups in total. The maximum absolute atomic E-state index is 11.8. The number of hydrogen-bond acceptors (Lipinski definition) is 2. The molecule has 1 aromatic heterocycles. The van der Waals surface area contributed by atoms with E-state index in [2.05, 4.69) is 9.97 Å². The predicted molar refractivity (Wildman–Crippen MR) is 57.8 cm³/mol. The highest BCUT2D eigenvalue weighted by atomic mass is 16.1. The summed E-state index contributed by atoms with van der Waals surface area (Å²) in [5.41, 5.74) is 1.89. The number of aromatic amines is 1. The van der Waals surface area contributed by atoms with Gasteiger partial charge in [-0.05, 0) is 6.92 Å². The van der Waals surface area contributed by atoms with Crippen LogP contribution in [0.15, 0.2) is 36.7 Å². The van der Waals surface area contributed by atoms with Crippen LogP contribution in [0.4, 0.5) is 0 Å². The normalized spacial score (nSPS) is 10.2. The van der Waals surface area contributed by atoms with Crippen LogP contribution >= 0.6 is 0 Å². The molecule has 2 aromatic rings. The Hall–Kier alpha value is -1.90. The molecular weight excluding hydrogens is 188 g/mol. The molecule has 0 aliphatic rings. The van der Waals surface area contributed by atoms with Crippen molar-refractivity contribution in [2.24, 2.45) is 0 Å². The maximum Gasteiger partial charge on any atom is 0.170 e. The topological polar surface area (TPSA) is 45.8 Å². The van der Waals surface area contributed by atoms with Crippen LogP contribution in [0.25, 0.3) is 0 Å². The van der Waals surface area contributed by atoms with E-state index in [1.165, 1.54) is 0 Å². The third-order valence-electron chi connectivity index (χ3n) is 2.26. The number of hydrogen-bond donors (Lipinski definition) is 1. The van der Waals surface area contributed by atoms with Crippen molar-refractivity contribution < 1.29 is 4.79 Å². The van der Waals surface area contributed by atoms with Gasteiger partial charge in [0.1, 0.15) is 5.82 Å². The molecule has 2 rings (SSSR count). The quantitative estimate of drug-likeness (QED) is 0.771. The van der Waals surface area contributed by atoms with Crippen LogP contribution in [-0.2, 0) is 6.42 Å². The molecule has 0 aliphatic carbocycles. The minimum Gasteiger partial charge on any atom is -0.348 e. The summed E-state index contributed by atoms with van der Waals surface area (Å²) in [6.45, 7) is 2.00. The molecule has 1 aromatic carbocycles. The fourth-order valence-electron chi connectivity index (χ4n) is 1.39. The lowest BCUT2D eigenvalue weighted by molar-refractivity contribution is 0.0991. The molecule has 76 valence electrons. The number of ketones is 1. The monoisotopic (exact) mass is 200 g/mol. The van der Waals surface area contributed by atoms with E-state index >= 15 is 0 Å². The fraction of sp³-hybridized carbons (Fsp3) is 0.167. The van der Waals surface area contributed by atoms with Gasteiger partial charge in [-0.3, -0.25) is 4.79 Å². The SMILES string of the molecule is Cc1ccc(C(=O)Cc2ncc[nH]2)cc1. The number of aryl methyl sites for hydroxylation is 1. The van der Waals surface area contributed by atoms with Crippen molar-refractivity contribution in [3.05, 3.63) is 53.6 Å². The van der Waals surface area contributed by atoms with Crippen LogP contribution in [0.1, 0.15) is 21.7 Å². The van der Waals surface area contributed by atoms with Crippen molar-refractivity contribution in [3.8, 4) is 0 Å². The van der Waals surface area contributed by atoms with Gasteiger partial charge in [0, 0.05) is 18.0 Å². The van der Waals surface area contributed by atoms with Gasteiger partial charge in [-0.1, -0.05) is 29.8 Å². The number of carbonyl (C=O) groups excluding carboxylic acids is 1. The third kappa shape index (κ3) is 2.31. The van der Waals surface area contributed by atoms with Gasteiger partial charge < -0.3 is 4.98 Å². The summed E-state index contributed by atoms with van der Waals surface area (Å²) in [6, 6.07) is 7.58. The molecule has 0 amide bonds. The van der Waals surface area contributed by atoms with Gasteiger partial charge in [0.25, 0.3) is 0 Å². The van der Waals surface area contributed by atoms with Gasteiger partial charge in [0.2, 0.25) is 0 Å². The summed E-state index contributed by atoms with van der Waals surface area (Å²) in [5.74, 6) is 0.797. The number of carbonyl (C=O) groups is 1. The van der Waals surface area contributed by atoms with E-state index in [0.717, 1.165) is 11.1 Å². The first-order chi connectivity index (χ1) is 7.25. The average Bonchev–Trinajstić information content (AvgIpc) is 2.71. The summed E-state index contributed by atoms with van der Waals surface area (Å²) in [5, 5.41) is 0. The number of Topliss-reactive ketones (excluding diaryl/α,β-unsaturated/α-hetero) is 1. The van der Waals surface area contributed by atoms with Gasteiger partial charge in [-0.15, -0.1) is 0 Å². The third-order valence-corrected chi connectivity index (χ3v) is 2.26. The average molecular weight is 200 g/mol. The summed E-state index contributed by atoms with van der Waals surface area (Å²) >= 11 is 0. The standard InChI is InChI=1S/C12H12N2O/c1-9-2-4-10(5-3-9)11(15)8-12-13-6-7-14-12/h2-7H,8H2,1H3,(H,13,14). The molecule has 1 heterocycles. The van der Waals surface area contributed by atoms with E-state index in [1.807, 2.05) is 31.2 Å². The highest BCUT2D eigenvalue weighted by molar-refractivity contribution is 5.97. The van der Waals surface area contributed by atoms with Crippen LogP contribution in [0.5, 0.6) is 0 Å². The molecule has 3 nitrogen and oxygen atoms in total. The van der Waals surface area contributed by atoms with Crippen LogP contribution in [-0.4, -0.2) is 15.8 Å². The summed E-state index contributed by atoms with van der Waals surface area (Å²) in [4.78, 5) is 18.7. The molecule has 0 aliphatic heterocycles. The van der Waals surface area contributed by atoms with Gasteiger partial charge in [0.15, 0.2) is 5.78 Å². The second-order valence-corrected chi connectivity index (χ2v) is 3.50. The molecule has 0 saturated heterocycles. The lowest BCUT2D eigenvalue weighted by Gasteiger charge is -1.99. The Labute approximate surface area is 88.2 Å². The molecule has 3 heteroatoms. The van der Waals surface area contributed by atoms with Gasteiger partial charge in [0.05, 0.1) is 6.42 Å². The molecule has 0 saturated carbocycles. The number of H-pyrrole nitrogens is 1. The largest absolute Gasteiger partial charge is 0.348 e. The first kappa shape index (κ1) is 9.65. The van der Waals surface area contributed by atoms with Crippen LogP contribution in [0.2, 0.25) is 0 Å². The van der Waals surface area contributed by atoms with Gasteiger partial charge in [-0.25, -0.2) is 4.98 Å². The first-order valence-corrected chi connectivity index (χ1v) is 4.84. The summed E-state index contributed by atoms with van der Waals surface area (Å²) in [6.07, 6.45) is 3.70. The van der Waals surface area contributed by atoms with E-state index in [9.17, 15) is 4.79 Å². The zero-order valence-electron chi connectivity index (χ0n) is 8.53. The Morgan fingerprint density at radius 1 is 1.33 bits per heavy atom. The van der Waals surface area contributed by atoms with Crippen molar-refractivity contribution in [2.75, 3.05) is 0 Å². The highest BCUT2D eigenvalue weighted by Crippen LogP contribution is 2.06. The highest BCUT2D eigenvalue weighted by Gasteiger charge is 2.07. The van der Waals surface area contributed by atoms with Gasteiger partial charge >= 0.3 is 0 Å². The number of imidazole rings is 1. The van der Waals surface area contributed by atoms with Crippen molar-refractivity contribution >= 4 is 5.78 Å². The zero-order valence-corrected chi connectivity index (χ0v) is 8.53. The van der Waals surface area contributed by atoms with Crippen LogP contribution in [0.3, 0.4) is 0 Å². The molecule has 15 heavy (non-hydrogen) atoms.